The average Bonchev–Trinajstić information content (AvgIpc) is 2.50. The van der Waals surface area contributed by atoms with Crippen LogP contribution in [0.25, 0.3) is 0 Å². The molecule has 0 fully saturated rings. The second kappa shape index (κ2) is 7.54. The maximum absolute atomic E-state index is 12.8. The Morgan fingerprint density at radius 1 is 1.00 bits per heavy atom. The van der Waals surface area contributed by atoms with E-state index in [2.05, 4.69) is 10.6 Å². The van der Waals surface area contributed by atoms with E-state index in [4.69, 9.17) is 0 Å². The molecule has 0 aliphatic rings. The molecule has 2 aromatic rings. The van der Waals surface area contributed by atoms with Crippen molar-refractivity contribution in [3.8, 4) is 0 Å². The van der Waals surface area contributed by atoms with Gasteiger partial charge in [-0.05, 0) is 43.2 Å². The number of nitrogens with one attached hydrogen (secondary N) is 2. The number of benzene rings is 2. The molecule has 0 aliphatic carbocycles. The lowest BCUT2D eigenvalue weighted by atomic mass is 10.1. The molecule has 0 bridgehead atoms. The number of aryl methyl sites for hydroxylation is 2. The second-order valence-corrected chi connectivity index (χ2v) is 5.45. The minimum atomic E-state index is -0.345. The lowest BCUT2D eigenvalue weighted by Crippen LogP contribution is -2.33. The van der Waals surface area contributed by atoms with E-state index in [1.54, 1.807) is 12.1 Å². The van der Waals surface area contributed by atoms with E-state index in [0.717, 1.165) is 16.8 Å². The molecule has 2 amide bonds. The van der Waals surface area contributed by atoms with Crippen molar-refractivity contribution in [2.75, 3.05) is 11.9 Å². The molecule has 23 heavy (non-hydrogen) atoms. The number of carbonyl (C=O) groups excluding carboxylic acids is 2. The first kappa shape index (κ1) is 16.7. The van der Waals surface area contributed by atoms with E-state index in [1.165, 1.54) is 12.1 Å². The fourth-order valence-electron chi connectivity index (χ4n) is 2.18. The molecule has 0 aliphatic heterocycles. The fraction of sp³-hybridized carbons (Fsp3) is 0.222. The van der Waals surface area contributed by atoms with Crippen LogP contribution in [0, 0.1) is 19.7 Å². The van der Waals surface area contributed by atoms with Crippen molar-refractivity contribution in [3.63, 3.8) is 0 Å². The van der Waals surface area contributed by atoms with Crippen LogP contribution in [0.2, 0.25) is 0 Å². The van der Waals surface area contributed by atoms with Crippen LogP contribution in [-0.4, -0.2) is 18.4 Å². The van der Waals surface area contributed by atoms with Crippen molar-refractivity contribution in [1.29, 1.82) is 0 Å². The molecule has 5 heteroatoms. The van der Waals surface area contributed by atoms with Gasteiger partial charge < -0.3 is 10.6 Å². The van der Waals surface area contributed by atoms with E-state index < -0.39 is 0 Å². The topological polar surface area (TPSA) is 58.2 Å². The maximum Gasteiger partial charge on any atom is 0.243 e. The normalized spacial score (nSPS) is 10.2. The fourth-order valence-corrected chi connectivity index (χ4v) is 2.18. The number of hydrogen-bond donors (Lipinski definition) is 2. The first-order valence-corrected chi connectivity index (χ1v) is 7.32. The highest BCUT2D eigenvalue weighted by Gasteiger charge is 2.08. The highest BCUT2D eigenvalue weighted by molar-refractivity contribution is 5.95. The summed E-state index contributed by atoms with van der Waals surface area (Å²) < 4.78 is 12.8. The van der Waals surface area contributed by atoms with E-state index in [-0.39, 0.29) is 30.6 Å². The molecule has 0 heterocycles. The lowest BCUT2D eigenvalue weighted by molar-refractivity contribution is -0.123. The van der Waals surface area contributed by atoms with Crippen LogP contribution in [0.15, 0.2) is 42.5 Å². The Morgan fingerprint density at radius 3 is 2.35 bits per heavy atom. The van der Waals surface area contributed by atoms with Crippen LogP contribution in [0.4, 0.5) is 10.1 Å². The van der Waals surface area contributed by atoms with Gasteiger partial charge in [0.05, 0.1) is 13.0 Å². The first-order chi connectivity index (χ1) is 10.9. The smallest absolute Gasteiger partial charge is 0.243 e. The summed E-state index contributed by atoms with van der Waals surface area (Å²) in [7, 11) is 0. The van der Waals surface area contributed by atoms with Gasteiger partial charge in [-0.2, -0.15) is 0 Å². The van der Waals surface area contributed by atoms with E-state index in [0.29, 0.717) is 5.56 Å². The van der Waals surface area contributed by atoms with Crippen molar-refractivity contribution in [2.24, 2.45) is 0 Å². The minimum absolute atomic E-state index is 0.104. The Bertz CT molecular complexity index is 711. The van der Waals surface area contributed by atoms with Gasteiger partial charge in [-0.15, -0.1) is 0 Å². The molecule has 2 aromatic carbocycles. The standard InChI is InChI=1S/C18H19FN2O2/c1-12-3-8-16(13(2)9-12)21-18(23)11-20-17(22)10-14-4-6-15(19)7-5-14/h3-9H,10-11H2,1-2H3,(H,20,22)(H,21,23). The SMILES string of the molecule is Cc1ccc(NC(=O)CNC(=O)Cc2ccc(F)cc2)c(C)c1. The van der Waals surface area contributed by atoms with E-state index in [1.807, 2.05) is 32.0 Å². The second-order valence-electron chi connectivity index (χ2n) is 5.45. The molecule has 0 saturated carbocycles. The monoisotopic (exact) mass is 314 g/mol. The van der Waals surface area contributed by atoms with E-state index >= 15 is 0 Å². The van der Waals surface area contributed by atoms with Crippen molar-refractivity contribution in [3.05, 3.63) is 65.0 Å². The number of halogens is 1. The largest absolute Gasteiger partial charge is 0.347 e. The van der Waals surface area contributed by atoms with Gasteiger partial charge in [0.1, 0.15) is 5.82 Å². The molecule has 0 spiro atoms. The summed E-state index contributed by atoms with van der Waals surface area (Å²) >= 11 is 0. The molecule has 2 N–H and O–H groups in total. The number of rotatable bonds is 5. The summed E-state index contributed by atoms with van der Waals surface area (Å²) in [6.07, 6.45) is 0.108. The first-order valence-electron chi connectivity index (χ1n) is 7.32. The van der Waals surface area contributed by atoms with Crippen LogP contribution in [0.3, 0.4) is 0 Å². The zero-order chi connectivity index (χ0) is 16.8. The summed E-state index contributed by atoms with van der Waals surface area (Å²) in [5.41, 5.74) is 3.51. The molecule has 0 atom stereocenters. The third kappa shape index (κ3) is 5.21. The van der Waals surface area contributed by atoms with Crippen LogP contribution >= 0.6 is 0 Å². The molecule has 0 saturated heterocycles. The van der Waals surface area contributed by atoms with Crippen molar-refractivity contribution < 1.29 is 14.0 Å². The van der Waals surface area contributed by atoms with Gasteiger partial charge in [0.2, 0.25) is 11.8 Å². The molecule has 120 valence electrons. The van der Waals surface area contributed by atoms with Gasteiger partial charge in [-0.1, -0.05) is 29.8 Å². The zero-order valence-corrected chi connectivity index (χ0v) is 13.2. The van der Waals surface area contributed by atoms with Gasteiger partial charge in [-0.3, -0.25) is 9.59 Å². The predicted molar refractivity (Wildman–Crippen MR) is 87.7 cm³/mol. The van der Waals surface area contributed by atoms with Crippen molar-refractivity contribution in [2.45, 2.75) is 20.3 Å². The van der Waals surface area contributed by atoms with Crippen LogP contribution in [0.1, 0.15) is 16.7 Å². The zero-order valence-electron chi connectivity index (χ0n) is 13.2. The molecule has 0 radical (unpaired) electrons. The van der Waals surface area contributed by atoms with Crippen LogP contribution < -0.4 is 10.6 Å². The molecule has 4 nitrogen and oxygen atoms in total. The molecule has 2 rings (SSSR count). The van der Waals surface area contributed by atoms with Crippen molar-refractivity contribution in [1.82, 2.24) is 5.32 Å². The number of amides is 2. The summed E-state index contributed by atoms with van der Waals surface area (Å²) in [6, 6.07) is 11.4. The van der Waals surface area contributed by atoms with Crippen LogP contribution in [0.5, 0.6) is 0 Å². The molecule has 0 unspecified atom stereocenters. The number of carbonyl (C=O) groups is 2. The van der Waals surface area contributed by atoms with Crippen molar-refractivity contribution >= 4 is 17.5 Å². The Hall–Kier alpha value is -2.69. The molecular weight excluding hydrogens is 295 g/mol. The summed E-state index contributed by atoms with van der Waals surface area (Å²) in [5.74, 6) is -0.918. The average molecular weight is 314 g/mol. The third-order valence-electron chi connectivity index (χ3n) is 3.38. The minimum Gasteiger partial charge on any atom is -0.347 e. The Balaban J connectivity index is 1.81. The maximum atomic E-state index is 12.8. The van der Waals surface area contributed by atoms with Gasteiger partial charge in [0, 0.05) is 5.69 Å². The summed E-state index contributed by atoms with van der Waals surface area (Å²) in [6.45, 7) is 3.79. The number of hydrogen-bond acceptors (Lipinski definition) is 2. The van der Waals surface area contributed by atoms with Gasteiger partial charge in [0.15, 0.2) is 0 Å². The molecular formula is C18H19FN2O2. The van der Waals surface area contributed by atoms with Crippen LogP contribution in [-0.2, 0) is 16.0 Å². The molecule has 0 aromatic heterocycles. The third-order valence-corrected chi connectivity index (χ3v) is 3.38. The highest BCUT2D eigenvalue weighted by Crippen LogP contribution is 2.15. The van der Waals surface area contributed by atoms with E-state index in [9.17, 15) is 14.0 Å². The summed E-state index contributed by atoms with van der Waals surface area (Å²) in [5, 5.41) is 5.31. The Labute approximate surface area is 134 Å². The lowest BCUT2D eigenvalue weighted by Gasteiger charge is -2.10. The van der Waals surface area contributed by atoms with Gasteiger partial charge >= 0.3 is 0 Å². The van der Waals surface area contributed by atoms with Gasteiger partial charge in [0.25, 0.3) is 0 Å². The van der Waals surface area contributed by atoms with Gasteiger partial charge in [-0.25, -0.2) is 4.39 Å². The summed E-state index contributed by atoms with van der Waals surface area (Å²) in [4.78, 5) is 23.7. The predicted octanol–water partition coefficient (Wildman–Crippen LogP) is 2.74. The highest BCUT2D eigenvalue weighted by atomic mass is 19.1. The quantitative estimate of drug-likeness (QED) is 0.891. The number of anilines is 1. The Morgan fingerprint density at radius 2 is 1.70 bits per heavy atom. The Kier molecular flexibility index (Phi) is 5.46.